The van der Waals surface area contributed by atoms with E-state index in [0.717, 1.165) is 6.54 Å². The second-order valence-electron chi connectivity index (χ2n) is 5.18. The predicted molar refractivity (Wildman–Crippen MR) is 73.7 cm³/mol. The standard InChI is InChI=1S/C13H19N5O/c1-17(2)7-9-5-10(19)8-18(9)13-4-3-11(15)12(6-14)16-13/h3-4,9-10,19H,5,7-8,15H2,1-2H3. The SMILES string of the molecule is CN(C)CC1CC(O)CN1c1ccc(N)c(C#N)n1. The van der Waals surface area contributed by atoms with E-state index < -0.39 is 0 Å². The summed E-state index contributed by atoms with van der Waals surface area (Å²) in [5.74, 6) is 0.703. The Morgan fingerprint density at radius 2 is 2.32 bits per heavy atom. The number of nitriles is 1. The molecule has 19 heavy (non-hydrogen) atoms. The lowest BCUT2D eigenvalue weighted by molar-refractivity contribution is 0.191. The molecule has 1 aromatic rings. The minimum atomic E-state index is -0.352. The van der Waals surface area contributed by atoms with E-state index >= 15 is 0 Å². The Kier molecular flexibility index (Phi) is 3.88. The summed E-state index contributed by atoms with van der Waals surface area (Å²) in [5, 5.41) is 18.8. The molecule has 6 nitrogen and oxygen atoms in total. The molecule has 0 aliphatic carbocycles. The van der Waals surface area contributed by atoms with E-state index in [1.807, 2.05) is 25.1 Å². The molecule has 0 radical (unpaired) electrons. The van der Waals surface area contributed by atoms with Crippen LogP contribution < -0.4 is 10.6 Å². The molecule has 2 unspecified atom stereocenters. The van der Waals surface area contributed by atoms with Gasteiger partial charge in [0.25, 0.3) is 0 Å². The molecule has 1 aliphatic heterocycles. The summed E-state index contributed by atoms with van der Waals surface area (Å²) in [6, 6.07) is 5.69. The maximum Gasteiger partial charge on any atom is 0.165 e. The molecule has 2 rings (SSSR count). The highest BCUT2D eigenvalue weighted by molar-refractivity contribution is 5.56. The Bertz CT molecular complexity index is 496. The lowest BCUT2D eigenvalue weighted by atomic mass is 10.2. The topological polar surface area (TPSA) is 89.4 Å². The lowest BCUT2D eigenvalue weighted by Gasteiger charge is -2.27. The quantitative estimate of drug-likeness (QED) is 0.798. The van der Waals surface area contributed by atoms with Gasteiger partial charge in [-0.05, 0) is 32.6 Å². The first-order valence-electron chi connectivity index (χ1n) is 6.27. The molecule has 0 saturated carbocycles. The number of β-amino-alcohol motifs (C(OH)–C–C–N with tert-alkyl or cyclic N) is 1. The van der Waals surface area contributed by atoms with Gasteiger partial charge in [-0.1, -0.05) is 0 Å². The van der Waals surface area contributed by atoms with E-state index in [1.165, 1.54) is 0 Å². The van der Waals surface area contributed by atoms with Gasteiger partial charge in [0.1, 0.15) is 11.9 Å². The third-order valence-corrected chi connectivity index (χ3v) is 3.28. The van der Waals surface area contributed by atoms with E-state index in [0.29, 0.717) is 24.5 Å². The highest BCUT2D eigenvalue weighted by Gasteiger charge is 2.32. The molecule has 2 atom stereocenters. The van der Waals surface area contributed by atoms with Crippen molar-refractivity contribution in [1.29, 1.82) is 5.26 Å². The first-order valence-corrected chi connectivity index (χ1v) is 6.27. The van der Waals surface area contributed by atoms with Crippen LogP contribution in [0.5, 0.6) is 0 Å². The van der Waals surface area contributed by atoms with Crippen molar-refractivity contribution >= 4 is 11.5 Å². The van der Waals surface area contributed by atoms with E-state index in [2.05, 4.69) is 9.88 Å². The van der Waals surface area contributed by atoms with Crippen LogP contribution in [-0.4, -0.2) is 54.3 Å². The Morgan fingerprint density at radius 3 is 2.95 bits per heavy atom. The minimum absolute atomic E-state index is 0.202. The number of nitrogen functional groups attached to an aromatic ring is 1. The van der Waals surface area contributed by atoms with Gasteiger partial charge in [-0.2, -0.15) is 5.26 Å². The van der Waals surface area contributed by atoms with Crippen molar-refractivity contribution in [1.82, 2.24) is 9.88 Å². The molecule has 2 heterocycles. The largest absolute Gasteiger partial charge is 0.396 e. The highest BCUT2D eigenvalue weighted by Crippen LogP contribution is 2.26. The number of anilines is 2. The minimum Gasteiger partial charge on any atom is -0.396 e. The number of rotatable bonds is 3. The molecule has 1 aromatic heterocycles. The number of aliphatic hydroxyl groups excluding tert-OH is 1. The van der Waals surface area contributed by atoms with Gasteiger partial charge in [0.2, 0.25) is 0 Å². The molecule has 6 heteroatoms. The zero-order valence-corrected chi connectivity index (χ0v) is 11.2. The van der Waals surface area contributed by atoms with Crippen molar-refractivity contribution in [3.8, 4) is 6.07 Å². The van der Waals surface area contributed by atoms with Crippen LogP contribution in [0.2, 0.25) is 0 Å². The third kappa shape index (κ3) is 2.95. The van der Waals surface area contributed by atoms with Gasteiger partial charge < -0.3 is 20.6 Å². The van der Waals surface area contributed by atoms with Crippen molar-refractivity contribution in [2.75, 3.05) is 37.8 Å². The molecular formula is C13H19N5O. The van der Waals surface area contributed by atoms with Gasteiger partial charge in [0.05, 0.1) is 11.8 Å². The fraction of sp³-hybridized carbons (Fsp3) is 0.538. The fourth-order valence-corrected chi connectivity index (χ4v) is 2.48. The molecule has 3 N–H and O–H groups in total. The molecule has 1 saturated heterocycles. The van der Waals surface area contributed by atoms with Crippen LogP contribution in [0.3, 0.4) is 0 Å². The first-order chi connectivity index (χ1) is 9.01. The van der Waals surface area contributed by atoms with Crippen LogP contribution in [-0.2, 0) is 0 Å². The van der Waals surface area contributed by atoms with Gasteiger partial charge in [0.15, 0.2) is 5.69 Å². The van der Waals surface area contributed by atoms with Crippen molar-refractivity contribution in [2.24, 2.45) is 0 Å². The van der Waals surface area contributed by atoms with Crippen molar-refractivity contribution in [2.45, 2.75) is 18.6 Å². The average molecular weight is 261 g/mol. The maximum atomic E-state index is 9.85. The number of nitrogens with two attached hydrogens (primary N) is 1. The number of aliphatic hydroxyl groups is 1. The van der Waals surface area contributed by atoms with E-state index in [1.54, 1.807) is 12.1 Å². The van der Waals surface area contributed by atoms with E-state index in [9.17, 15) is 5.11 Å². The average Bonchev–Trinajstić information content (AvgIpc) is 2.70. The number of nitrogens with zero attached hydrogens (tertiary/aromatic N) is 4. The number of aromatic nitrogens is 1. The molecule has 102 valence electrons. The molecule has 0 spiro atoms. The lowest BCUT2D eigenvalue weighted by Crippen LogP contribution is -2.38. The van der Waals surface area contributed by atoms with Crippen LogP contribution >= 0.6 is 0 Å². The van der Waals surface area contributed by atoms with Gasteiger partial charge in [0, 0.05) is 19.1 Å². The van der Waals surface area contributed by atoms with E-state index in [-0.39, 0.29) is 17.8 Å². The molecule has 0 bridgehead atoms. The molecule has 1 aliphatic rings. The normalized spacial score (nSPS) is 22.8. The number of likely N-dealkylation sites (N-methyl/N-ethyl adjacent to an activating group) is 1. The van der Waals surface area contributed by atoms with Crippen molar-refractivity contribution in [3.05, 3.63) is 17.8 Å². The smallest absolute Gasteiger partial charge is 0.165 e. The van der Waals surface area contributed by atoms with Gasteiger partial charge in [-0.15, -0.1) is 0 Å². The number of hydrogen-bond donors (Lipinski definition) is 2. The Morgan fingerprint density at radius 1 is 1.58 bits per heavy atom. The Balaban J connectivity index is 2.26. The zero-order valence-electron chi connectivity index (χ0n) is 11.2. The fourth-order valence-electron chi connectivity index (χ4n) is 2.48. The van der Waals surface area contributed by atoms with E-state index in [4.69, 9.17) is 11.0 Å². The Labute approximate surface area is 113 Å². The van der Waals surface area contributed by atoms with Gasteiger partial charge in [-0.25, -0.2) is 4.98 Å². The van der Waals surface area contributed by atoms with Crippen LogP contribution in [0.1, 0.15) is 12.1 Å². The molecule has 0 aromatic carbocycles. The summed E-state index contributed by atoms with van der Waals surface area (Å²) in [7, 11) is 4.00. The van der Waals surface area contributed by atoms with Crippen molar-refractivity contribution < 1.29 is 5.11 Å². The highest BCUT2D eigenvalue weighted by atomic mass is 16.3. The summed E-state index contributed by atoms with van der Waals surface area (Å²) in [6.07, 6.45) is 0.362. The van der Waals surface area contributed by atoms with Gasteiger partial charge in [-0.3, -0.25) is 0 Å². The summed E-state index contributed by atoms with van der Waals surface area (Å²) in [6.45, 7) is 1.38. The number of pyridine rings is 1. The van der Waals surface area contributed by atoms with Crippen LogP contribution in [0.4, 0.5) is 11.5 Å². The number of hydrogen-bond acceptors (Lipinski definition) is 6. The first kappa shape index (κ1) is 13.6. The molecular weight excluding hydrogens is 242 g/mol. The molecule has 1 fully saturated rings. The second kappa shape index (κ2) is 5.43. The van der Waals surface area contributed by atoms with Crippen LogP contribution in [0.25, 0.3) is 0 Å². The third-order valence-electron chi connectivity index (χ3n) is 3.28. The van der Waals surface area contributed by atoms with Gasteiger partial charge >= 0.3 is 0 Å². The zero-order chi connectivity index (χ0) is 14.0. The summed E-state index contributed by atoms with van der Waals surface area (Å²) in [5.41, 5.74) is 6.30. The predicted octanol–water partition coefficient (Wildman–Crippen LogP) is 0.0367. The van der Waals surface area contributed by atoms with Crippen molar-refractivity contribution in [3.63, 3.8) is 0 Å². The Hall–Kier alpha value is -1.84. The summed E-state index contributed by atoms with van der Waals surface area (Å²) in [4.78, 5) is 8.40. The van der Waals surface area contributed by atoms with Crippen LogP contribution in [0, 0.1) is 11.3 Å². The molecule has 0 amide bonds. The van der Waals surface area contributed by atoms with Crippen LogP contribution in [0.15, 0.2) is 12.1 Å². The summed E-state index contributed by atoms with van der Waals surface area (Å²) >= 11 is 0. The monoisotopic (exact) mass is 261 g/mol. The second-order valence-corrected chi connectivity index (χ2v) is 5.18. The maximum absolute atomic E-state index is 9.85. The summed E-state index contributed by atoms with van der Waals surface area (Å²) < 4.78 is 0.